The summed E-state index contributed by atoms with van der Waals surface area (Å²) in [5, 5.41) is 11.1. The summed E-state index contributed by atoms with van der Waals surface area (Å²) in [6.45, 7) is 5.77. The molecule has 0 aliphatic carbocycles. The number of halogens is 1. The van der Waals surface area contributed by atoms with E-state index in [1.165, 1.54) is 6.07 Å². The third-order valence-corrected chi connectivity index (χ3v) is 3.57. The number of hydrogen-bond acceptors (Lipinski definition) is 3. The summed E-state index contributed by atoms with van der Waals surface area (Å²) in [5.74, 6) is -0.484. The van der Waals surface area contributed by atoms with Crippen molar-refractivity contribution in [3.63, 3.8) is 0 Å². The van der Waals surface area contributed by atoms with E-state index in [9.17, 15) is 14.9 Å². The molecule has 0 saturated heterocycles. The van der Waals surface area contributed by atoms with Crippen LogP contribution in [0.4, 0.5) is 5.69 Å². The van der Waals surface area contributed by atoms with Gasteiger partial charge < -0.3 is 5.73 Å². The fraction of sp³-hybridized carbons (Fsp3) is 0.462. The van der Waals surface area contributed by atoms with Crippen molar-refractivity contribution in [2.45, 2.75) is 37.4 Å². The maximum atomic E-state index is 11.1. The lowest BCUT2D eigenvalue weighted by molar-refractivity contribution is -0.386. The summed E-state index contributed by atoms with van der Waals surface area (Å²) in [7, 11) is 0. The van der Waals surface area contributed by atoms with Crippen molar-refractivity contribution in [2.24, 2.45) is 5.73 Å². The van der Waals surface area contributed by atoms with Gasteiger partial charge in [-0.2, -0.15) is 0 Å². The normalized spacial score (nSPS) is 13.1. The molecule has 1 rings (SSSR count). The molecule has 0 spiro atoms. The zero-order valence-electron chi connectivity index (χ0n) is 11.1. The molecule has 19 heavy (non-hydrogen) atoms. The third kappa shape index (κ3) is 4.02. The Kier molecular flexibility index (Phi) is 4.68. The highest BCUT2D eigenvalue weighted by Crippen LogP contribution is 2.32. The molecule has 0 heterocycles. The van der Waals surface area contributed by atoms with Gasteiger partial charge >= 0.3 is 0 Å². The number of nitro groups is 1. The lowest BCUT2D eigenvalue weighted by atomic mass is 9.85. The van der Waals surface area contributed by atoms with Crippen molar-refractivity contribution in [3.8, 4) is 0 Å². The van der Waals surface area contributed by atoms with Crippen molar-refractivity contribution < 1.29 is 9.72 Å². The van der Waals surface area contributed by atoms with Gasteiger partial charge in [0.05, 0.1) is 9.75 Å². The van der Waals surface area contributed by atoms with E-state index in [1.807, 2.05) is 20.8 Å². The molecule has 0 fully saturated rings. The molecule has 2 N–H and O–H groups in total. The van der Waals surface area contributed by atoms with Crippen LogP contribution in [0, 0.1) is 10.1 Å². The van der Waals surface area contributed by atoms with Crippen LogP contribution in [0.2, 0.25) is 0 Å². The first kappa shape index (κ1) is 15.6. The highest BCUT2D eigenvalue weighted by atomic mass is 79.9. The molecular formula is C13H17BrN2O3. The second-order valence-corrected chi connectivity index (χ2v) is 6.54. The summed E-state index contributed by atoms with van der Waals surface area (Å²) < 4.78 is 0. The topological polar surface area (TPSA) is 86.2 Å². The fourth-order valence-corrected chi connectivity index (χ4v) is 2.17. The van der Waals surface area contributed by atoms with Crippen LogP contribution in [0.1, 0.15) is 31.9 Å². The molecule has 5 nitrogen and oxygen atoms in total. The number of benzene rings is 1. The minimum atomic E-state index is -0.521. The second-order valence-electron chi connectivity index (χ2n) is 5.43. The molecule has 0 saturated carbocycles. The largest absolute Gasteiger partial charge is 0.369 e. The number of carbonyl (C=O) groups excluding carboxylic acids is 1. The molecule has 1 atom stereocenters. The number of alkyl halides is 1. The molecule has 0 bridgehead atoms. The van der Waals surface area contributed by atoms with Crippen LogP contribution in [-0.4, -0.2) is 15.7 Å². The molecular weight excluding hydrogens is 312 g/mol. The molecule has 1 unspecified atom stereocenters. The Labute approximate surface area is 120 Å². The van der Waals surface area contributed by atoms with Crippen LogP contribution < -0.4 is 5.73 Å². The molecule has 0 aromatic heterocycles. The number of rotatable bonds is 4. The van der Waals surface area contributed by atoms with Gasteiger partial charge in [-0.1, -0.05) is 48.8 Å². The second kappa shape index (κ2) is 5.69. The van der Waals surface area contributed by atoms with Crippen molar-refractivity contribution in [2.75, 3.05) is 0 Å². The first-order valence-corrected chi connectivity index (χ1v) is 6.75. The monoisotopic (exact) mass is 328 g/mol. The van der Waals surface area contributed by atoms with Gasteiger partial charge in [-0.05, 0) is 17.4 Å². The van der Waals surface area contributed by atoms with Crippen LogP contribution in [0.3, 0.4) is 0 Å². The van der Waals surface area contributed by atoms with E-state index in [0.29, 0.717) is 17.5 Å². The zero-order chi connectivity index (χ0) is 14.8. The van der Waals surface area contributed by atoms with Gasteiger partial charge in [-0.15, -0.1) is 0 Å². The number of amides is 1. The molecule has 0 aliphatic heterocycles. The number of nitro benzene ring substituents is 1. The first-order chi connectivity index (χ1) is 8.62. The maximum Gasteiger partial charge on any atom is 0.273 e. The van der Waals surface area contributed by atoms with E-state index >= 15 is 0 Å². The highest BCUT2D eigenvalue weighted by molar-refractivity contribution is 9.10. The third-order valence-electron chi connectivity index (χ3n) is 2.79. The van der Waals surface area contributed by atoms with Crippen LogP contribution in [0.5, 0.6) is 0 Å². The lowest BCUT2D eigenvalue weighted by Crippen LogP contribution is -2.25. The van der Waals surface area contributed by atoms with E-state index in [0.717, 1.165) is 0 Å². The van der Waals surface area contributed by atoms with Gasteiger partial charge in [0.1, 0.15) is 0 Å². The van der Waals surface area contributed by atoms with Gasteiger partial charge in [-0.25, -0.2) is 0 Å². The Bertz CT molecular complexity index is 509. The average Bonchev–Trinajstić information content (AvgIpc) is 2.27. The number of primary amides is 1. The van der Waals surface area contributed by atoms with Crippen LogP contribution >= 0.6 is 15.9 Å². The molecule has 104 valence electrons. The fourth-order valence-electron chi connectivity index (χ4n) is 1.80. The van der Waals surface area contributed by atoms with Crippen LogP contribution in [-0.2, 0) is 16.6 Å². The molecule has 1 aromatic rings. The number of nitrogens with two attached hydrogens (primary N) is 1. The Balaban J connectivity index is 3.17. The SMILES string of the molecule is CC(C)(C)c1ccc(CC(Br)C(N)=O)cc1[N+](=O)[O-]. The van der Waals surface area contributed by atoms with Crippen molar-refractivity contribution in [1.82, 2.24) is 0 Å². The first-order valence-electron chi connectivity index (χ1n) is 5.84. The van der Waals surface area contributed by atoms with E-state index in [4.69, 9.17) is 5.73 Å². The highest BCUT2D eigenvalue weighted by Gasteiger charge is 2.25. The van der Waals surface area contributed by atoms with E-state index in [1.54, 1.807) is 12.1 Å². The Morgan fingerprint density at radius 1 is 1.47 bits per heavy atom. The smallest absolute Gasteiger partial charge is 0.273 e. The van der Waals surface area contributed by atoms with E-state index in [-0.39, 0.29) is 11.1 Å². The van der Waals surface area contributed by atoms with Gasteiger partial charge in [0.15, 0.2) is 0 Å². The molecule has 0 radical (unpaired) electrons. The summed E-state index contributed by atoms with van der Waals surface area (Å²) >= 11 is 3.15. The number of nitrogens with zero attached hydrogens (tertiary/aromatic N) is 1. The molecule has 1 aromatic carbocycles. The van der Waals surface area contributed by atoms with Crippen molar-refractivity contribution in [3.05, 3.63) is 39.4 Å². The summed E-state index contributed by atoms with van der Waals surface area (Å²) in [6.07, 6.45) is 0.334. The van der Waals surface area contributed by atoms with Crippen LogP contribution in [0.25, 0.3) is 0 Å². The molecule has 1 amide bonds. The predicted molar refractivity (Wildman–Crippen MR) is 77.4 cm³/mol. The minimum absolute atomic E-state index is 0.0779. The van der Waals surface area contributed by atoms with Crippen molar-refractivity contribution >= 4 is 27.5 Å². The Hall–Kier alpha value is -1.43. The lowest BCUT2D eigenvalue weighted by Gasteiger charge is -2.19. The van der Waals surface area contributed by atoms with Crippen molar-refractivity contribution in [1.29, 1.82) is 0 Å². The van der Waals surface area contributed by atoms with Gasteiger partial charge in [0.2, 0.25) is 5.91 Å². The standard InChI is InChI=1S/C13H17BrN2O3/c1-13(2,3)9-5-4-8(6-10(14)12(15)17)7-11(9)16(18)19/h4-5,7,10H,6H2,1-3H3,(H2,15,17). The Morgan fingerprint density at radius 2 is 2.05 bits per heavy atom. The predicted octanol–water partition coefficient (Wildman–Crippen LogP) is 2.68. The van der Waals surface area contributed by atoms with E-state index < -0.39 is 15.7 Å². The van der Waals surface area contributed by atoms with Crippen LogP contribution in [0.15, 0.2) is 18.2 Å². The number of carbonyl (C=O) groups is 1. The zero-order valence-corrected chi connectivity index (χ0v) is 12.7. The summed E-state index contributed by atoms with van der Waals surface area (Å²) in [4.78, 5) is 21.2. The van der Waals surface area contributed by atoms with Gasteiger partial charge in [0, 0.05) is 11.6 Å². The number of hydrogen-bond donors (Lipinski definition) is 1. The van der Waals surface area contributed by atoms with Gasteiger partial charge in [0.25, 0.3) is 5.69 Å². The van der Waals surface area contributed by atoms with Gasteiger partial charge in [-0.3, -0.25) is 14.9 Å². The molecule has 6 heteroatoms. The molecule has 0 aliphatic rings. The van der Waals surface area contributed by atoms with E-state index in [2.05, 4.69) is 15.9 Å². The quantitative estimate of drug-likeness (QED) is 0.523. The summed E-state index contributed by atoms with van der Waals surface area (Å²) in [6, 6.07) is 5.05. The maximum absolute atomic E-state index is 11.1. The average molecular weight is 329 g/mol. The minimum Gasteiger partial charge on any atom is -0.369 e. The Morgan fingerprint density at radius 3 is 2.47 bits per heavy atom. The summed E-state index contributed by atoms with van der Waals surface area (Å²) in [5.41, 5.74) is 6.31.